The molecule has 0 bridgehead atoms. The van der Waals surface area contributed by atoms with Crippen LogP contribution in [0.3, 0.4) is 0 Å². The average molecular weight is 238 g/mol. The third-order valence-electron chi connectivity index (χ3n) is 2.08. The minimum Gasteiger partial charge on any atom is -0.465 e. The molecule has 1 aromatic heterocycles. The first-order chi connectivity index (χ1) is 8.08. The van der Waals surface area contributed by atoms with Gasteiger partial charge in [-0.2, -0.15) is 4.98 Å². The van der Waals surface area contributed by atoms with Gasteiger partial charge in [-0.25, -0.2) is 9.78 Å². The molecule has 0 aliphatic carbocycles. The Hall–Kier alpha value is -1.65. The van der Waals surface area contributed by atoms with E-state index in [1.807, 2.05) is 20.8 Å². The van der Waals surface area contributed by atoms with Crippen LogP contribution in [0.1, 0.15) is 43.2 Å². The molecule has 0 saturated carbocycles. The molecule has 0 N–H and O–H groups in total. The Morgan fingerprint density at radius 2 is 2.18 bits per heavy atom. The molecular formula is C12H18N2O3. The molecule has 0 unspecified atom stereocenters. The van der Waals surface area contributed by atoms with Crippen LogP contribution >= 0.6 is 0 Å². The van der Waals surface area contributed by atoms with Crippen molar-refractivity contribution in [3.63, 3.8) is 0 Å². The van der Waals surface area contributed by atoms with Crippen molar-refractivity contribution in [2.45, 2.75) is 39.7 Å². The quantitative estimate of drug-likeness (QED) is 0.734. The molecule has 0 aliphatic heterocycles. The van der Waals surface area contributed by atoms with Crippen LogP contribution in [0.5, 0.6) is 6.01 Å². The lowest BCUT2D eigenvalue weighted by Gasteiger charge is -2.10. The third-order valence-corrected chi connectivity index (χ3v) is 2.08. The molecule has 5 heteroatoms. The fraction of sp³-hybridized carbons (Fsp3) is 0.583. The van der Waals surface area contributed by atoms with Gasteiger partial charge in [-0.05, 0) is 20.3 Å². The summed E-state index contributed by atoms with van der Waals surface area (Å²) in [5.74, 6) is -0.412. The highest BCUT2D eigenvalue weighted by molar-refractivity contribution is 5.90. The number of hydrogen-bond acceptors (Lipinski definition) is 5. The molecule has 0 spiro atoms. The summed E-state index contributed by atoms with van der Waals surface area (Å²) in [7, 11) is 1.34. The molecule has 0 aliphatic rings. The number of aromatic nitrogens is 2. The van der Waals surface area contributed by atoms with Gasteiger partial charge in [-0.3, -0.25) is 0 Å². The second-order valence-electron chi connectivity index (χ2n) is 3.92. The fourth-order valence-electron chi connectivity index (χ4n) is 1.37. The largest absolute Gasteiger partial charge is 0.465 e. The van der Waals surface area contributed by atoms with E-state index in [9.17, 15) is 4.79 Å². The van der Waals surface area contributed by atoms with E-state index < -0.39 is 5.97 Å². The van der Waals surface area contributed by atoms with Crippen molar-refractivity contribution in [1.82, 2.24) is 9.97 Å². The molecule has 17 heavy (non-hydrogen) atoms. The van der Waals surface area contributed by atoms with Crippen LogP contribution < -0.4 is 4.74 Å². The van der Waals surface area contributed by atoms with E-state index in [-0.39, 0.29) is 6.10 Å². The highest BCUT2D eigenvalue weighted by Gasteiger charge is 2.15. The molecule has 0 fully saturated rings. The minimum absolute atomic E-state index is 0.00783. The van der Waals surface area contributed by atoms with Gasteiger partial charge in [0, 0.05) is 6.20 Å². The molecule has 0 atom stereocenters. The monoisotopic (exact) mass is 238 g/mol. The van der Waals surface area contributed by atoms with Crippen LogP contribution in [0, 0.1) is 0 Å². The van der Waals surface area contributed by atoms with Crippen LogP contribution in [0.25, 0.3) is 0 Å². The van der Waals surface area contributed by atoms with E-state index in [1.54, 1.807) is 0 Å². The zero-order valence-electron chi connectivity index (χ0n) is 10.7. The predicted octanol–water partition coefficient (Wildman–Crippen LogP) is 2.00. The lowest BCUT2D eigenvalue weighted by atomic mass is 10.1. The summed E-state index contributed by atoms with van der Waals surface area (Å²) in [6, 6.07) is 0.302. The molecule has 0 aromatic carbocycles. The van der Waals surface area contributed by atoms with E-state index in [1.165, 1.54) is 13.3 Å². The molecule has 94 valence electrons. The molecule has 1 heterocycles. The van der Waals surface area contributed by atoms with Gasteiger partial charge in [0.05, 0.1) is 24.5 Å². The Kier molecular flexibility index (Phi) is 4.87. The van der Waals surface area contributed by atoms with Crippen molar-refractivity contribution >= 4 is 5.97 Å². The first-order valence-corrected chi connectivity index (χ1v) is 5.69. The van der Waals surface area contributed by atoms with Gasteiger partial charge in [0.1, 0.15) is 0 Å². The van der Waals surface area contributed by atoms with Gasteiger partial charge < -0.3 is 9.47 Å². The van der Waals surface area contributed by atoms with E-state index >= 15 is 0 Å². The molecule has 0 saturated heterocycles. The zero-order chi connectivity index (χ0) is 12.8. The fourth-order valence-corrected chi connectivity index (χ4v) is 1.37. The van der Waals surface area contributed by atoms with Crippen LogP contribution in [-0.4, -0.2) is 29.2 Å². The van der Waals surface area contributed by atoms with E-state index in [0.717, 1.165) is 6.42 Å². The van der Waals surface area contributed by atoms with Crippen molar-refractivity contribution in [3.8, 4) is 6.01 Å². The molecule has 1 aromatic rings. The number of esters is 1. The highest BCUT2D eigenvalue weighted by Crippen LogP contribution is 2.13. The van der Waals surface area contributed by atoms with E-state index in [4.69, 9.17) is 4.74 Å². The Labute approximate surface area is 101 Å². The van der Waals surface area contributed by atoms with Crippen molar-refractivity contribution < 1.29 is 14.3 Å². The van der Waals surface area contributed by atoms with Crippen LogP contribution in [0.15, 0.2) is 6.20 Å². The molecule has 0 radical (unpaired) electrons. The number of ether oxygens (including phenoxy) is 2. The van der Waals surface area contributed by atoms with Gasteiger partial charge >= 0.3 is 12.0 Å². The summed E-state index contributed by atoms with van der Waals surface area (Å²) in [5.41, 5.74) is 1.08. The number of nitrogens with zero attached hydrogens (tertiary/aromatic N) is 2. The van der Waals surface area contributed by atoms with Crippen molar-refractivity contribution in [2.24, 2.45) is 0 Å². The third kappa shape index (κ3) is 3.69. The molecular weight excluding hydrogens is 220 g/mol. The maximum Gasteiger partial charge on any atom is 0.341 e. The van der Waals surface area contributed by atoms with Gasteiger partial charge in [-0.15, -0.1) is 0 Å². The van der Waals surface area contributed by atoms with Gasteiger partial charge in [-0.1, -0.05) is 13.3 Å². The molecule has 1 rings (SSSR count). The van der Waals surface area contributed by atoms with Gasteiger partial charge in [0.25, 0.3) is 0 Å². The second-order valence-corrected chi connectivity index (χ2v) is 3.92. The lowest BCUT2D eigenvalue weighted by Crippen LogP contribution is -2.13. The normalized spacial score (nSPS) is 10.4. The topological polar surface area (TPSA) is 61.3 Å². The van der Waals surface area contributed by atoms with Crippen molar-refractivity contribution in [1.29, 1.82) is 0 Å². The highest BCUT2D eigenvalue weighted by atomic mass is 16.5. The minimum atomic E-state index is -0.412. The van der Waals surface area contributed by atoms with Crippen molar-refractivity contribution in [2.75, 3.05) is 7.11 Å². The summed E-state index contributed by atoms with van der Waals surface area (Å²) in [5, 5.41) is 0. The predicted molar refractivity (Wildman–Crippen MR) is 63.1 cm³/mol. The number of methoxy groups -OCH3 is 1. The Bertz CT molecular complexity index is 391. The van der Waals surface area contributed by atoms with E-state index in [0.29, 0.717) is 23.7 Å². The Morgan fingerprint density at radius 3 is 2.71 bits per heavy atom. The number of hydrogen-bond donors (Lipinski definition) is 0. The zero-order valence-corrected chi connectivity index (χ0v) is 10.7. The summed E-state index contributed by atoms with van der Waals surface area (Å²) in [6.07, 6.45) is 3.05. The van der Waals surface area contributed by atoms with Crippen LogP contribution in [0.4, 0.5) is 0 Å². The molecule has 0 amide bonds. The second kappa shape index (κ2) is 6.18. The molecule has 5 nitrogen and oxygen atoms in total. The summed E-state index contributed by atoms with van der Waals surface area (Å²) in [6.45, 7) is 5.82. The van der Waals surface area contributed by atoms with Gasteiger partial charge in [0.15, 0.2) is 0 Å². The lowest BCUT2D eigenvalue weighted by molar-refractivity contribution is 0.0598. The van der Waals surface area contributed by atoms with Crippen molar-refractivity contribution in [3.05, 3.63) is 17.5 Å². The number of aryl methyl sites for hydroxylation is 1. The summed E-state index contributed by atoms with van der Waals surface area (Å²) in [4.78, 5) is 19.7. The standard InChI is InChI=1S/C12H18N2O3/c1-5-6-10-9(11(15)16-4)7-13-12(14-10)17-8(2)3/h7-8H,5-6H2,1-4H3. The smallest absolute Gasteiger partial charge is 0.341 e. The summed E-state index contributed by atoms with van der Waals surface area (Å²) >= 11 is 0. The maximum atomic E-state index is 11.5. The Morgan fingerprint density at radius 1 is 1.47 bits per heavy atom. The number of carbonyl (C=O) groups is 1. The van der Waals surface area contributed by atoms with Crippen LogP contribution in [0.2, 0.25) is 0 Å². The average Bonchev–Trinajstić information content (AvgIpc) is 2.28. The Balaban J connectivity index is 3.03. The van der Waals surface area contributed by atoms with Crippen LogP contribution in [-0.2, 0) is 11.2 Å². The maximum absolute atomic E-state index is 11.5. The number of carbonyl (C=O) groups excluding carboxylic acids is 1. The SMILES string of the molecule is CCCc1nc(OC(C)C)ncc1C(=O)OC. The van der Waals surface area contributed by atoms with Gasteiger partial charge in [0.2, 0.25) is 0 Å². The van der Waals surface area contributed by atoms with E-state index in [2.05, 4.69) is 14.7 Å². The number of rotatable bonds is 5. The first-order valence-electron chi connectivity index (χ1n) is 5.69. The first kappa shape index (κ1) is 13.4. The summed E-state index contributed by atoms with van der Waals surface area (Å²) < 4.78 is 10.1.